The zero-order valence-electron chi connectivity index (χ0n) is 14.9. The van der Waals surface area contributed by atoms with Gasteiger partial charge in [0.2, 0.25) is 0 Å². The highest BCUT2D eigenvalue weighted by Crippen LogP contribution is 2.21. The lowest BCUT2D eigenvalue weighted by Crippen LogP contribution is -2.23. The molecule has 0 fully saturated rings. The third-order valence-corrected chi connectivity index (χ3v) is 3.81. The van der Waals surface area contributed by atoms with Crippen molar-refractivity contribution in [1.82, 2.24) is 10.3 Å². The summed E-state index contributed by atoms with van der Waals surface area (Å²) in [5, 5.41) is 7.96. The van der Waals surface area contributed by atoms with Gasteiger partial charge in [-0.15, -0.1) is 0 Å². The quantitative estimate of drug-likeness (QED) is 0.519. The first-order valence-electron chi connectivity index (χ1n) is 8.64. The molecule has 0 atom stereocenters. The number of amides is 1. The van der Waals surface area contributed by atoms with Crippen molar-refractivity contribution < 1.29 is 4.79 Å². The van der Waals surface area contributed by atoms with Crippen molar-refractivity contribution in [3.63, 3.8) is 0 Å². The van der Waals surface area contributed by atoms with E-state index in [4.69, 9.17) is 0 Å². The fourth-order valence-electron chi connectivity index (χ4n) is 2.55. The number of hydrogen-bond acceptors (Lipinski definition) is 4. The minimum Gasteiger partial charge on any atom is -0.348 e. The van der Waals surface area contributed by atoms with Crippen LogP contribution in [-0.2, 0) is 6.54 Å². The van der Waals surface area contributed by atoms with E-state index in [-0.39, 0.29) is 5.91 Å². The predicted octanol–water partition coefficient (Wildman–Crippen LogP) is 4.22. The summed E-state index contributed by atoms with van der Waals surface area (Å²) >= 11 is 0. The highest BCUT2D eigenvalue weighted by Gasteiger charge is 2.12. The molecule has 0 aliphatic rings. The summed E-state index contributed by atoms with van der Waals surface area (Å²) in [7, 11) is 0. The second-order valence-corrected chi connectivity index (χ2v) is 6.37. The van der Waals surface area contributed by atoms with Gasteiger partial charge in [0.25, 0.3) is 5.91 Å². The molecule has 1 heterocycles. The van der Waals surface area contributed by atoms with Crippen LogP contribution in [0.1, 0.15) is 29.8 Å². The Morgan fingerprint density at radius 2 is 1.85 bits per heavy atom. The fourth-order valence-corrected chi connectivity index (χ4v) is 2.55. The number of carbonyl (C=O) groups excluding carboxylic acids is 1. The summed E-state index contributed by atoms with van der Waals surface area (Å²) in [4.78, 5) is 17.3. The molecule has 0 aliphatic carbocycles. The average Bonchev–Trinajstić information content (AvgIpc) is 2.66. The number of nitrogens with one attached hydrogen (secondary N) is 2. The van der Waals surface area contributed by atoms with Gasteiger partial charge in [-0.2, -0.15) is 5.10 Å². The Morgan fingerprint density at radius 1 is 1.12 bits per heavy atom. The first-order chi connectivity index (χ1) is 12.6. The molecule has 2 aromatic carbocycles. The van der Waals surface area contributed by atoms with Crippen molar-refractivity contribution in [2.24, 2.45) is 11.0 Å². The Hall–Kier alpha value is -3.21. The van der Waals surface area contributed by atoms with Crippen LogP contribution in [0, 0.1) is 5.92 Å². The van der Waals surface area contributed by atoms with Crippen LogP contribution in [-0.4, -0.2) is 17.1 Å². The normalized spacial score (nSPS) is 11.2. The summed E-state index contributed by atoms with van der Waals surface area (Å²) in [6.07, 6.45) is 1.80. The molecule has 132 valence electrons. The number of hydrogen-bond donors (Lipinski definition) is 2. The number of pyridine rings is 1. The van der Waals surface area contributed by atoms with Crippen molar-refractivity contribution in [2.45, 2.75) is 20.4 Å². The molecule has 0 saturated heterocycles. The van der Waals surface area contributed by atoms with Crippen LogP contribution < -0.4 is 10.7 Å². The van der Waals surface area contributed by atoms with Gasteiger partial charge in [-0.05, 0) is 23.6 Å². The fraction of sp³-hybridized carbons (Fsp3) is 0.190. The average molecular weight is 346 g/mol. The van der Waals surface area contributed by atoms with Crippen molar-refractivity contribution in [3.8, 4) is 0 Å². The van der Waals surface area contributed by atoms with E-state index in [1.54, 1.807) is 12.3 Å². The van der Waals surface area contributed by atoms with Gasteiger partial charge in [-0.3, -0.25) is 10.2 Å². The van der Waals surface area contributed by atoms with Gasteiger partial charge in [0.1, 0.15) is 5.82 Å². The van der Waals surface area contributed by atoms with Crippen molar-refractivity contribution in [3.05, 3.63) is 71.8 Å². The maximum Gasteiger partial charge on any atom is 0.252 e. The van der Waals surface area contributed by atoms with E-state index < -0.39 is 0 Å². The largest absolute Gasteiger partial charge is 0.348 e. The number of carbonyl (C=O) groups is 1. The SMILES string of the molecule is CC(C)/C=N/Nc1cc(C(=O)NCc2ccccc2)c2ccccc2n1. The van der Waals surface area contributed by atoms with Gasteiger partial charge in [0, 0.05) is 18.1 Å². The molecule has 0 saturated carbocycles. The van der Waals surface area contributed by atoms with E-state index in [1.165, 1.54) is 0 Å². The van der Waals surface area contributed by atoms with Gasteiger partial charge in [-0.1, -0.05) is 62.4 Å². The topological polar surface area (TPSA) is 66.4 Å². The summed E-state index contributed by atoms with van der Waals surface area (Å²) in [6.45, 7) is 4.56. The molecule has 1 amide bonds. The van der Waals surface area contributed by atoms with Crippen LogP contribution in [0.2, 0.25) is 0 Å². The van der Waals surface area contributed by atoms with Crippen LogP contribution in [0.5, 0.6) is 0 Å². The Kier molecular flexibility index (Phi) is 5.59. The van der Waals surface area contributed by atoms with Crippen LogP contribution in [0.4, 0.5) is 5.82 Å². The Morgan fingerprint density at radius 3 is 2.62 bits per heavy atom. The van der Waals surface area contributed by atoms with Gasteiger partial charge < -0.3 is 5.32 Å². The minimum atomic E-state index is -0.136. The maximum absolute atomic E-state index is 12.8. The Bertz CT molecular complexity index is 920. The third kappa shape index (κ3) is 4.45. The van der Waals surface area contributed by atoms with Gasteiger partial charge >= 0.3 is 0 Å². The molecule has 3 aromatic rings. The third-order valence-electron chi connectivity index (χ3n) is 3.81. The lowest BCUT2D eigenvalue weighted by atomic mass is 10.1. The zero-order chi connectivity index (χ0) is 18.4. The van der Waals surface area contributed by atoms with Crippen molar-refractivity contribution in [1.29, 1.82) is 0 Å². The zero-order valence-corrected chi connectivity index (χ0v) is 14.9. The molecule has 1 aromatic heterocycles. The predicted molar refractivity (Wildman–Crippen MR) is 106 cm³/mol. The number of para-hydroxylation sites is 1. The van der Waals surface area contributed by atoms with E-state index in [9.17, 15) is 4.79 Å². The van der Waals surface area contributed by atoms with E-state index in [0.717, 1.165) is 16.5 Å². The monoisotopic (exact) mass is 346 g/mol. The van der Waals surface area contributed by atoms with Crippen LogP contribution >= 0.6 is 0 Å². The number of hydrazone groups is 1. The van der Waals surface area contributed by atoms with E-state index in [1.807, 2.05) is 68.4 Å². The molecule has 0 bridgehead atoms. The highest BCUT2D eigenvalue weighted by molar-refractivity contribution is 6.06. The second kappa shape index (κ2) is 8.25. The molecule has 5 heteroatoms. The molecule has 26 heavy (non-hydrogen) atoms. The molecule has 0 aliphatic heterocycles. The lowest BCUT2D eigenvalue weighted by Gasteiger charge is -2.10. The smallest absolute Gasteiger partial charge is 0.252 e. The summed E-state index contributed by atoms with van der Waals surface area (Å²) in [6, 6.07) is 19.2. The number of nitrogens with zero attached hydrogens (tertiary/aromatic N) is 2. The van der Waals surface area contributed by atoms with Gasteiger partial charge in [0.15, 0.2) is 0 Å². The standard InChI is InChI=1S/C21H22N4O/c1-15(2)13-23-25-20-12-18(17-10-6-7-11-19(17)24-20)21(26)22-14-16-8-4-3-5-9-16/h3-13,15H,14H2,1-2H3,(H,22,26)(H,24,25)/b23-13+. The molecular formula is C21H22N4O. The number of benzene rings is 2. The Labute approximate surface area is 153 Å². The van der Waals surface area contributed by atoms with Crippen molar-refractivity contribution in [2.75, 3.05) is 5.43 Å². The number of aromatic nitrogens is 1. The van der Waals surface area contributed by atoms with Gasteiger partial charge in [0.05, 0.1) is 11.1 Å². The molecule has 5 nitrogen and oxygen atoms in total. The molecule has 2 N–H and O–H groups in total. The summed E-state index contributed by atoms with van der Waals surface area (Å²) < 4.78 is 0. The molecule has 0 unspecified atom stereocenters. The number of rotatable bonds is 6. The first kappa shape index (κ1) is 17.6. The van der Waals surface area contributed by atoms with E-state index >= 15 is 0 Å². The molecule has 0 spiro atoms. The van der Waals surface area contributed by atoms with Crippen LogP contribution in [0.3, 0.4) is 0 Å². The van der Waals surface area contributed by atoms with Crippen LogP contribution in [0.25, 0.3) is 10.9 Å². The molecule has 0 radical (unpaired) electrons. The van der Waals surface area contributed by atoms with Gasteiger partial charge in [-0.25, -0.2) is 4.98 Å². The van der Waals surface area contributed by atoms with E-state index in [0.29, 0.717) is 23.8 Å². The minimum absolute atomic E-state index is 0.136. The van der Waals surface area contributed by atoms with Crippen molar-refractivity contribution >= 4 is 28.8 Å². The van der Waals surface area contributed by atoms with E-state index in [2.05, 4.69) is 20.8 Å². The highest BCUT2D eigenvalue weighted by atomic mass is 16.1. The van der Waals surface area contributed by atoms with Crippen LogP contribution in [0.15, 0.2) is 65.8 Å². The number of anilines is 1. The Balaban J connectivity index is 1.86. The lowest BCUT2D eigenvalue weighted by molar-refractivity contribution is 0.0952. The first-order valence-corrected chi connectivity index (χ1v) is 8.64. The summed E-state index contributed by atoms with van der Waals surface area (Å²) in [5.74, 6) is 0.741. The second-order valence-electron chi connectivity index (χ2n) is 6.37. The molecular weight excluding hydrogens is 324 g/mol. The summed E-state index contributed by atoms with van der Waals surface area (Å²) in [5.41, 5.74) is 5.30. The number of fused-ring (bicyclic) bond motifs is 1. The molecule has 3 rings (SSSR count). The maximum atomic E-state index is 12.8.